The van der Waals surface area contributed by atoms with Crippen LogP contribution in [0.2, 0.25) is 0 Å². The van der Waals surface area contributed by atoms with E-state index in [1.54, 1.807) is 0 Å². The fourth-order valence-electron chi connectivity index (χ4n) is 2.57. The van der Waals surface area contributed by atoms with Crippen LogP contribution in [0.3, 0.4) is 0 Å². The SMILES string of the molecule is CC1CCCN(c2cc(C3CC3)nc(Br)n2)C1. The van der Waals surface area contributed by atoms with Crippen LogP contribution in [0.5, 0.6) is 0 Å². The van der Waals surface area contributed by atoms with Gasteiger partial charge in [-0.3, -0.25) is 0 Å². The predicted molar refractivity (Wildman–Crippen MR) is 72.3 cm³/mol. The van der Waals surface area contributed by atoms with Gasteiger partial charge < -0.3 is 4.90 Å². The van der Waals surface area contributed by atoms with Gasteiger partial charge in [-0.25, -0.2) is 9.97 Å². The van der Waals surface area contributed by atoms with Gasteiger partial charge in [0, 0.05) is 25.1 Å². The summed E-state index contributed by atoms with van der Waals surface area (Å²) in [5.41, 5.74) is 1.22. The maximum atomic E-state index is 4.53. The molecule has 1 unspecified atom stereocenters. The second-order valence-corrected chi connectivity index (χ2v) is 6.10. The van der Waals surface area contributed by atoms with E-state index in [4.69, 9.17) is 0 Å². The summed E-state index contributed by atoms with van der Waals surface area (Å²) in [4.78, 5) is 11.4. The first-order valence-corrected chi connectivity index (χ1v) is 7.31. The van der Waals surface area contributed by atoms with E-state index in [2.05, 4.69) is 43.8 Å². The lowest BCUT2D eigenvalue weighted by atomic mass is 10.0. The highest BCUT2D eigenvalue weighted by atomic mass is 79.9. The van der Waals surface area contributed by atoms with Crippen LogP contribution in [-0.4, -0.2) is 23.1 Å². The van der Waals surface area contributed by atoms with Crippen LogP contribution < -0.4 is 4.90 Å². The van der Waals surface area contributed by atoms with Crippen LogP contribution in [0, 0.1) is 5.92 Å². The van der Waals surface area contributed by atoms with Crippen LogP contribution in [0.1, 0.15) is 44.2 Å². The quantitative estimate of drug-likeness (QED) is 0.784. The lowest BCUT2D eigenvalue weighted by molar-refractivity contribution is 0.444. The number of anilines is 1. The zero-order valence-corrected chi connectivity index (χ0v) is 11.8. The van der Waals surface area contributed by atoms with Crippen molar-refractivity contribution in [3.05, 3.63) is 16.5 Å². The molecule has 3 nitrogen and oxygen atoms in total. The molecule has 17 heavy (non-hydrogen) atoms. The summed E-state index contributed by atoms with van der Waals surface area (Å²) in [6, 6.07) is 2.19. The number of rotatable bonds is 2. The van der Waals surface area contributed by atoms with Gasteiger partial charge in [0.15, 0.2) is 4.73 Å². The molecule has 4 heteroatoms. The van der Waals surface area contributed by atoms with Crippen molar-refractivity contribution in [1.82, 2.24) is 9.97 Å². The van der Waals surface area contributed by atoms with Crippen molar-refractivity contribution in [3.8, 4) is 0 Å². The van der Waals surface area contributed by atoms with E-state index in [-0.39, 0.29) is 0 Å². The monoisotopic (exact) mass is 295 g/mol. The Morgan fingerprint density at radius 2 is 2.12 bits per heavy atom. The fourth-order valence-corrected chi connectivity index (χ4v) is 2.96. The van der Waals surface area contributed by atoms with Gasteiger partial charge in [0.1, 0.15) is 5.82 Å². The number of aromatic nitrogens is 2. The van der Waals surface area contributed by atoms with Crippen LogP contribution >= 0.6 is 15.9 Å². The molecule has 3 rings (SSSR count). The molecular formula is C13H18BrN3. The Morgan fingerprint density at radius 1 is 1.29 bits per heavy atom. The molecule has 2 fully saturated rings. The van der Waals surface area contributed by atoms with Crippen molar-refractivity contribution in [3.63, 3.8) is 0 Å². The molecule has 0 spiro atoms. The van der Waals surface area contributed by atoms with Gasteiger partial charge in [0.2, 0.25) is 0 Å². The molecule has 2 aliphatic rings. The van der Waals surface area contributed by atoms with Crippen molar-refractivity contribution in [2.75, 3.05) is 18.0 Å². The van der Waals surface area contributed by atoms with E-state index in [9.17, 15) is 0 Å². The van der Waals surface area contributed by atoms with E-state index in [0.717, 1.165) is 29.6 Å². The third kappa shape index (κ3) is 2.62. The molecule has 0 aromatic carbocycles. The summed E-state index contributed by atoms with van der Waals surface area (Å²) in [5.74, 6) is 2.58. The molecule has 1 saturated heterocycles. The Balaban J connectivity index is 1.85. The lowest BCUT2D eigenvalue weighted by Crippen LogP contribution is -2.35. The van der Waals surface area contributed by atoms with Gasteiger partial charge >= 0.3 is 0 Å². The number of hydrogen-bond donors (Lipinski definition) is 0. The number of nitrogens with zero attached hydrogens (tertiary/aromatic N) is 3. The van der Waals surface area contributed by atoms with E-state index in [1.165, 1.54) is 31.4 Å². The molecule has 1 aromatic rings. The molecule has 0 bridgehead atoms. The van der Waals surface area contributed by atoms with Crippen LogP contribution in [0.15, 0.2) is 10.8 Å². The van der Waals surface area contributed by atoms with Crippen molar-refractivity contribution in [1.29, 1.82) is 0 Å². The van der Waals surface area contributed by atoms with E-state index in [0.29, 0.717) is 5.92 Å². The molecular weight excluding hydrogens is 278 g/mol. The second kappa shape index (κ2) is 4.56. The van der Waals surface area contributed by atoms with Gasteiger partial charge in [-0.1, -0.05) is 6.92 Å². The van der Waals surface area contributed by atoms with Gasteiger partial charge in [-0.2, -0.15) is 0 Å². The van der Waals surface area contributed by atoms with Crippen LogP contribution in [0.4, 0.5) is 5.82 Å². The molecule has 0 N–H and O–H groups in total. The minimum absolute atomic E-state index is 0.690. The Bertz CT molecular complexity index is 417. The van der Waals surface area contributed by atoms with Crippen LogP contribution in [0.25, 0.3) is 0 Å². The summed E-state index contributed by atoms with van der Waals surface area (Å²) in [6.07, 6.45) is 5.21. The molecule has 1 aliphatic carbocycles. The van der Waals surface area contributed by atoms with Gasteiger partial charge in [0.05, 0.1) is 5.69 Å². The van der Waals surface area contributed by atoms with E-state index in [1.807, 2.05) is 0 Å². The third-order valence-electron chi connectivity index (χ3n) is 3.68. The zero-order valence-electron chi connectivity index (χ0n) is 10.2. The first kappa shape index (κ1) is 11.5. The average Bonchev–Trinajstić information content (AvgIpc) is 3.12. The van der Waals surface area contributed by atoms with Crippen molar-refractivity contribution >= 4 is 21.7 Å². The number of piperidine rings is 1. The van der Waals surface area contributed by atoms with Crippen molar-refractivity contribution in [2.45, 2.75) is 38.5 Å². The molecule has 1 aliphatic heterocycles. The summed E-state index contributed by atoms with van der Waals surface area (Å²) in [6.45, 7) is 4.59. The Hall–Kier alpha value is -0.640. The van der Waals surface area contributed by atoms with Gasteiger partial charge in [-0.05, 0) is 47.5 Å². The Kier molecular flexibility index (Phi) is 3.07. The topological polar surface area (TPSA) is 29.0 Å². The van der Waals surface area contributed by atoms with E-state index < -0.39 is 0 Å². The molecule has 1 atom stereocenters. The number of hydrogen-bond acceptors (Lipinski definition) is 3. The summed E-state index contributed by atoms with van der Waals surface area (Å²) in [7, 11) is 0. The van der Waals surface area contributed by atoms with Crippen LogP contribution in [-0.2, 0) is 0 Å². The Labute approximate surface area is 111 Å². The maximum absolute atomic E-state index is 4.53. The minimum Gasteiger partial charge on any atom is -0.356 e. The summed E-state index contributed by atoms with van der Waals surface area (Å²) in [5, 5.41) is 0. The fraction of sp³-hybridized carbons (Fsp3) is 0.692. The highest BCUT2D eigenvalue weighted by Gasteiger charge is 2.27. The largest absolute Gasteiger partial charge is 0.356 e. The lowest BCUT2D eigenvalue weighted by Gasteiger charge is -2.32. The zero-order chi connectivity index (χ0) is 11.8. The Morgan fingerprint density at radius 3 is 2.82 bits per heavy atom. The first-order valence-electron chi connectivity index (χ1n) is 6.52. The molecule has 0 amide bonds. The van der Waals surface area contributed by atoms with Crippen molar-refractivity contribution in [2.24, 2.45) is 5.92 Å². The maximum Gasteiger partial charge on any atom is 0.198 e. The smallest absolute Gasteiger partial charge is 0.198 e. The molecule has 92 valence electrons. The van der Waals surface area contributed by atoms with E-state index >= 15 is 0 Å². The number of halogens is 1. The summed E-state index contributed by atoms with van der Waals surface area (Å²) < 4.78 is 0.745. The first-order chi connectivity index (χ1) is 8.22. The molecule has 2 heterocycles. The molecule has 1 aromatic heterocycles. The van der Waals surface area contributed by atoms with Gasteiger partial charge in [-0.15, -0.1) is 0 Å². The predicted octanol–water partition coefficient (Wildman–Crippen LogP) is 3.35. The minimum atomic E-state index is 0.690. The third-order valence-corrected chi connectivity index (χ3v) is 4.04. The highest BCUT2D eigenvalue weighted by Crippen LogP contribution is 2.40. The highest BCUT2D eigenvalue weighted by molar-refractivity contribution is 9.10. The van der Waals surface area contributed by atoms with Gasteiger partial charge in [0.25, 0.3) is 0 Å². The normalized spacial score (nSPS) is 25.1. The molecule has 1 saturated carbocycles. The standard InChI is InChI=1S/C13H18BrN3/c1-9-3-2-6-17(8-9)12-7-11(10-4-5-10)15-13(14)16-12/h7,9-10H,2-6,8H2,1H3. The average molecular weight is 296 g/mol. The molecule has 0 radical (unpaired) electrons. The summed E-state index contributed by atoms with van der Waals surface area (Å²) >= 11 is 3.44. The second-order valence-electron chi connectivity index (χ2n) is 5.39. The van der Waals surface area contributed by atoms with Crippen molar-refractivity contribution < 1.29 is 0 Å².